The first-order valence-corrected chi connectivity index (χ1v) is 11.2. The quantitative estimate of drug-likeness (QED) is 0.248. The van der Waals surface area contributed by atoms with Crippen LogP contribution in [0.15, 0.2) is 0 Å². The third kappa shape index (κ3) is 14.3. The van der Waals surface area contributed by atoms with Gasteiger partial charge in [-0.2, -0.15) is 0 Å². The molecule has 0 unspecified atom stereocenters. The van der Waals surface area contributed by atoms with Crippen molar-refractivity contribution in [3.63, 3.8) is 0 Å². The summed E-state index contributed by atoms with van der Waals surface area (Å²) < 4.78 is 5.36. The van der Waals surface area contributed by atoms with E-state index in [2.05, 4.69) is 11.8 Å². The van der Waals surface area contributed by atoms with Gasteiger partial charge in [-0.25, -0.2) is 0 Å². The van der Waals surface area contributed by atoms with Gasteiger partial charge in [-0.05, 0) is 32.4 Å². The number of rotatable bonds is 16. The Labute approximate surface area is 156 Å². The van der Waals surface area contributed by atoms with Gasteiger partial charge in [-0.1, -0.05) is 84.0 Å². The summed E-state index contributed by atoms with van der Waals surface area (Å²) in [4.78, 5) is 14.1. The molecule has 0 bridgehead atoms. The zero-order valence-electron chi connectivity index (χ0n) is 16.9. The summed E-state index contributed by atoms with van der Waals surface area (Å²) in [6.07, 6.45) is 20.5. The number of hydrogen-bond acceptors (Lipinski definition) is 3. The Balaban J connectivity index is 1.76. The highest BCUT2D eigenvalue weighted by molar-refractivity contribution is 5.69. The predicted octanol–water partition coefficient (Wildman–Crippen LogP) is 6.11. The third-order valence-electron chi connectivity index (χ3n) is 5.35. The monoisotopic (exact) mass is 353 g/mol. The molecule has 0 N–H and O–H groups in total. The van der Waals surface area contributed by atoms with Crippen LogP contribution in [0.3, 0.4) is 0 Å². The van der Waals surface area contributed by atoms with Crippen molar-refractivity contribution in [2.45, 2.75) is 110 Å². The van der Waals surface area contributed by atoms with Crippen molar-refractivity contribution < 1.29 is 9.53 Å². The van der Waals surface area contributed by atoms with Gasteiger partial charge in [0.1, 0.15) is 6.61 Å². The van der Waals surface area contributed by atoms with E-state index in [0.29, 0.717) is 13.0 Å². The van der Waals surface area contributed by atoms with Crippen molar-refractivity contribution in [1.29, 1.82) is 0 Å². The summed E-state index contributed by atoms with van der Waals surface area (Å²) in [6, 6.07) is 0. The van der Waals surface area contributed by atoms with Gasteiger partial charge < -0.3 is 4.74 Å². The number of carbonyl (C=O) groups excluding carboxylic acids is 1. The zero-order valence-corrected chi connectivity index (χ0v) is 16.9. The summed E-state index contributed by atoms with van der Waals surface area (Å²) in [5.41, 5.74) is 0. The van der Waals surface area contributed by atoms with Crippen molar-refractivity contribution in [3.8, 4) is 0 Å². The molecule has 1 heterocycles. The van der Waals surface area contributed by atoms with Crippen LogP contribution in [0, 0.1) is 0 Å². The fourth-order valence-corrected chi connectivity index (χ4v) is 3.65. The predicted molar refractivity (Wildman–Crippen MR) is 107 cm³/mol. The summed E-state index contributed by atoms with van der Waals surface area (Å²) >= 11 is 0. The minimum Gasteiger partial charge on any atom is -0.464 e. The fraction of sp³-hybridized carbons (Fsp3) is 0.955. The average molecular weight is 354 g/mol. The lowest BCUT2D eigenvalue weighted by molar-refractivity contribution is -0.144. The Kier molecular flexibility index (Phi) is 15.2. The molecular weight excluding hydrogens is 310 g/mol. The van der Waals surface area contributed by atoms with E-state index in [9.17, 15) is 4.79 Å². The van der Waals surface area contributed by atoms with Crippen molar-refractivity contribution in [1.82, 2.24) is 4.90 Å². The van der Waals surface area contributed by atoms with Crippen LogP contribution < -0.4 is 0 Å². The average Bonchev–Trinajstić information content (AvgIpc) is 2.63. The van der Waals surface area contributed by atoms with Gasteiger partial charge in [0.15, 0.2) is 0 Å². The summed E-state index contributed by atoms with van der Waals surface area (Å²) in [5, 5.41) is 0. The number of nitrogens with zero attached hydrogens (tertiary/aromatic N) is 1. The molecule has 1 aliphatic rings. The van der Waals surface area contributed by atoms with Crippen LogP contribution in [0.5, 0.6) is 0 Å². The Morgan fingerprint density at radius 1 is 0.760 bits per heavy atom. The standard InChI is InChI=1S/C22H43NO2/c1-2-3-4-5-6-7-8-9-10-11-12-14-17-22(24)25-21-20-23-18-15-13-16-19-23/h2-21H2,1H3. The molecule has 0 aromatic rings. The number of piperidine rings is 1. The van der Waals surface area contributed by atoms with Gasteiger partial charge in [0.05, 0.1) is 0 Å². The maximum absolute atomic E-state index is 11.7. The molecule has 0 amide bonds. The van der Waals surface area contributed by atoms with E-state index in [4.69, 9.17) is 4.74 Å². The smallest absolute Gasteiger partial charge is 0.305 e. The number of hydrogen-bond donors (Lipinski definition) is 0. The van der Waals surface area contributed by atoms with E-state index in [1.165, 1.54) is 103 Å². The molecule has 0 aromatic carbocycles. The lowest BCUT2D eigenvalue weighted by Gasteiger charge is -2.25. The van der Waals surface area contributed by atoms with Crippen molar-refractivity contribution in [2.24, 2.45) is 0 Å². The molecule has 0 aromatic heterocycles. The molecule has 0 radical (unpaired) electrons. The van der Waals surface area contributed by atoms with Crippen LogP contribution in [0.25, 0.3) is 0 Å². The second-order valence-corrected chi connectivity index (χ2v) is 7.76. The zero-order chi connectivity index (χ0) is 18.0. The molecule has 25 heavy (non-hydrogen) atoms. The largest absolute Gasteiger partial charge is 0.464 e. The van der Waals surface area contributed by atoms with Crippen LogP contribution >= 0.6 is 0 Å². The molecule has 0 spiro atoms. The highest BCUT2D eigenvalue weighted by atomic mass is 16.5. The third-order valence-corrected chi connectivity index (χ3v) is 5.35. The minimum absolute atomic E-state index is 0.00379. The first-order chi connectivity index (χ1) is 12.3. The molecule has 1 fully saturated rings. The van der Waals surface area contributed by atoms with Crippen LogP contribution in [0.4, 0.5) is 0 Å². The van der Waals surface area contributed by atoms with E-state index in [1.807, 2.05) is 0 Å². The maximum Gasteiger partial charge on any atom is 0.305 e. The first kappa shape index (κ1) is 22.5. The normalized spacial score (nSPS) is 15.4. The SMILES string of the molecule is CCCCCCCCCCCCCCC(=O)OCCN1CCCCC1. The lowest BCUT2D eigenvalue weighted by atomic mass is 10.0. The molecular formula is C22H43NO2. The number of ether oxygens (including phenoxy) is 1. The number of esters is 1. The first-order valence-electron chi connectivity index (χ1n) is 11.2. The molecule has 0 aliphatic carbocycles. The van der Waals surface area contributed by atoms with Gasteiger partial charge in [0, 0.05) is 13.0 Å². The Bertz CT molecular complexity index is 300. The highest BCUT2D eigenvalue weighted by Crippen LogP contribution is 2.13. The number of unbranched alkanes of at least 4 members (excludes halogenated alkanes) is 11. The Hall–Kier alpha value is -0.570. The van der Waals surface area contributed by atoms with Crippen molar-refractivity contribution >= 4 is 5.97 Å². The summed E-state index contributed by atoms with van der Waals surface area (Å²) in [7, 11) is 0. The summed E-state index contributed by atoms with van der Waals surface area (Å²) in [5.74, 6) is 0.00379. The Morgan fingerprint density at radius 2 is 1.28 bits per heavy atom. The van der Waals surface area contributed by atoms with Crippen LogP contribution in [0.2, 0.25) is 0 Å². The van der Waals surface area contributed by atoms with Crippen LogP contribution in [-0.2, 0) is 9.53 Å². The van der Waals surface area contributed by atoms with E-state index in [1.54, 1.807) is 0 Å². The second-order valence-electron chi connectivity index (χ2n) is 7.76. The molecule has 1 saturated heterocycles. The topological polar surface area (TPSA) is 29.5 Å². The summed E-state index contributed by atoms with van der Waals surface area (Å²) in [6.45, 7) is 6.13. The molecule has 148 valence electrons. The van der Waals surface area contributed by atoms with E-state index in [-0.39, 0.29) is 5.97 Å². The van der Waals surface area contributed by atoms with Gasteiger partial charge in [-0.3, -0.25) is 9.69 Å². The lowest BCUT2D eigenvalue weighted by Crippen LogP contribution is -2.33. The fourth-order valence-electron chi connectivity index (χ4n) is 3.65. The van der Waals surface area contributed by atoms with Gasteiger partial charge in [0.2, 0.25) is 0 Å². The van der Waals surface area contributed by atoms with E-state index >= 15 is 0 Å². The van der Waals surface area contributed by atoms with Crippen molar-refractivity contribution in [2.75, 3.05) is 26.2 Å². The van der Waals surface area contributed by atoms with Crippen LogP contribution in [0.1, 0.15) is 110 Å². The van der Waals surface area contributed by atoms with E-state index < -0.39 is 0 Å². The molecule has 1 rings (SSSR count). The molecule has 3 nitrogen and oxygen atoms in total. The number of likely N-dealkylation sites (tertiary alicyclic amines) is 1. The molecule has 0 saturated carbocycles. The van der Waals surface area contributed by atoms with Crippen molar-refractivity contribution in [3.05, 3.63) is 0 Å². The highest BCUT2D eigenvalue weighted by Gasteiger charge is 2.10. The van der Waals surface area contributed by atoms with Gasteiger partial charge in [0.25, 0.3) is 0 Å². The Morgan fingerprint density at radius 3 is 1.84 bits per heavy atom. The maximum atomic E-state index is 11.7. The van der Waals surface area contributed by atoms with Gasteiger partial charge >= 0.3 is 5.97 Å². The van der Waals surface area contributed by atoms with Gasteiger partial charge in [-0.15, -0.1) is 0 Å². The van der Waals surface area contributed by atoms with Crippen LogP contribution in [-0.4, -0.2) is 37.1 Å². The van der Waals surface area contributed by atoms with E-state index in [0.717, 1.165) is 13.0 Å². The second kappa shape index (κ2) is 16.9. The molecule has 0 atom stereocenters. The molecule has 1 aliphatic heterocycles. The minimum atomic E-state index is 0.00379. The molecule has 3 heteroatoms. The number of carbonyl (C=O) groups is 1.